The van der Waals surface area contributed by atoms with Crippen LogP contribution >= 0.6 is 0 Å². The number of carbonyl (C=O) groups is 1. The van der Waals surface area contributed by atoms with Crippen molar-refractivity contribution in [3.63, 3.8) is 0 Å². The zero-order valence-corrected chi connectivity index (χ0v) is 10.5. The van der Waals surface area contributed by atoms with Gasteiger partial charge < -0.3 is 19.8 Å². The van der Waals surface area contributed by atoms with Gasteiger partial charge in [-0.1, -0.05) is 0 Å². The van der Waals surface area contributed by atoms with E-state index in [2.05, 4.69) is 4.90 Å². The molecule has 0 bridgehead atoms. The van der Waals surface area contributed by atoms with Crippen LogP contribution in [0.5, 0.6) is 0 Å². The number of carboxylic acid groups (broad SMARTS) is 1. The quantitative estimate of drug-likeness (QED) is 0.686. The Morgan fingerprint density at radius 3 is 3.00 bits per heavy atom. The summed E-state index contributed by atoms with van der Waals surface area (Å²) in [5.41, 5.74) is 0. The molecule has 0 aliphatic carbocycles. The van der Waals surface area contributed by atoms with E-state index in [9.17, 15) is 9.90 Å². The average Bonchev–Trinajstić information content (AvgIpc) is 2.26. The third kappa shape index (κ3) is 6.00. The maximum atomic E-state index is 10.6. The third-order valence-electron chi connectivity index (χ3n) is 3.05. The number of rotatable bonds is 7. The fourth-order valence-corrected chi connectivity index (χ4v) is 2.34. The van der Waals surface area contributed by atoms with Crippen LogP contribution in [0.3, 0.4) is 0 Å². The second-order valence-electron chi connectivity index (χ2n) is 4.68. The fraction of sp³-hybridized carbons (Fsp3) is 0.917. The van der Waals surface area contributed by atoms with Crippen LogP contribution in [-0.2, 0) is 9.53 Å². The molecule has 1 rings (SSSR count). The Bertz CT molecular complexity index is 235. The van der Waals surface area contributed by atoms with E-state index in [0.29, 0.717) is 19.8 Å². The lowest BCUT2D eigenvalue weighted by atomic mass is 9.95. The van der Waals surface area contributed by atoms with E-state index in [1.165, 1.54) is 0 Å². The first kappa shape index (κ1) is 14.4. The Hall–Kier alpha value is -0.650. The topological polar surface area (TPSA) is 70.0 Å². The van der Waals surface area contributed by atoms with Gasteiger partial charge in [0.15, 0.2) is 0 Å². The highest BCUT2D eigenvalue weighted by Gasteiger charge is 2.23. The molecule has 1 aliphatic heterocycles. The molecule has 0 aromatic rings. The molecule has 5 heteroatoms. The van der Waals surface area contributed by atoms with Gasteiger partial charge in [0.2, 0.25) is 0 Å². The first-order valence-electron chi connectivity index (χ1n) is 6.31. The minimum Gasteiger partial charge on any atom is -0.481 e. The largest absolute Gasteiger partial charge is 0.481 e. The molecule has 0 spiro atoms. The molecule has 0 aromatic heterocycles. The second kappa shape index (κ2) is 7.63. The first-order valence-corrected chi connectivity index (χ1v) is 6.31. The molecule has 1 fully saturated rings. The second-order valence-corrected chi connectivity index (χ2v) is 4.68. The highest BCUT2D eigenvalue weighted by molar-refractivity contribution is 5.67. The summed E-state index contributed by atoms with van der Waals surface area (Å²) in [6, 6.07) is 0. The van der Waals surface area contributed by atoms with Gasteiger partial charge in [0, 0.05) is 26.1 Å². The standard InChI is InChI=1S/C12H23NO4/c1-2-17-9-11(14)8-13-5-3-4-10(7-13)6-12(15)16/h10-11,14H,2-9H2,1H3,(H,15,16). The molecular weight excluding hydrogens is 222 g/mol. The SMILES string of the molecule is CCOCC(O)CN1CCCC(CC(=O)O)C1. The van der Waals surface area contributed by atoms with Crippen molar-refractivity contribution >= 4 is 5.97 Å². The molecule has 1 heterocycles. The molecule has 2 atom stereocenters. The van der Waals surface area contributed by atoms with Crippen LogP contribution in [0.1, 0.15) is 26.2 Å². The Morgan fingerprint density at radius 1 is 1.59 bits per heavy atom. The Labute approximate surface area is 102 Å². The predicted octanol–water partition coefficient (Wildman–Crippen LogP) is 0.570. The van der Waals surface area contributed by atoms with Crippen molar-refractivity contribution in [3.05, 3.63) is 0 Å². The van der Waals surface area contributed by atoms with Crippen LogP contribution in [0.4, 0.5) is 0 Å². The van der Waals surface area contributed by atoms with Gasteiger partial charge in [0.05, 0.1) is 12.7 Å². The number of hydrogen-bond acceptors (Lipinski definition) is 4. The number of hydrogen-bond donors (Lipinski definition) is 2. The molecule has 1 saturated heterocycles. The minimum absolute atomic E-state index is 0.223. The monoisotopic (exact) mass is 245 g/mol. The third-order valence-corrected chi connectivity index (χ3v) is 3.05. The van der Waals surface area contributed by atoms with Crippen LogP contribution < -0.4 is 0 Å². The van der Waals surface area contributed by atoms with Gasteiger partial charge in [-0.25, -0.2) is 0 Å². The van der Waals surface area contributed by atoms with Gasteiger partial charge in [-0.15, -0.1) is 0 Å². The Balaban J connectivity index is 2.26. The van der Waals surface area contributed by atoms with Crippen molar-refractivity contribution in [1.82, 2.24) is 4.90 Å². The molecule has 0 aromatic carbocycles. The number of aliphatic hydroxyl groups is 1. The summed E-state index contributed by atoms with van der Waals surface area (Å²) in [4.78, 5) is 12.8. The van der Waals surface area contributed by atoms with Gasteiger partial charge in [-0.3, -0.25) is 4.79 Å². The lowest BCUT2D eigenvalue weighted by Crippen LogP contribution is -2.41. The van der Waals surface area contributed by atoms with E-state index in [4.69, 9.17) is 9.84 Å². The molecule has 100 valence electrons. The molecule has 0 radical (unpaired) electrons. The smallest absolute Gasteiger partial charge is 0.303 e. The summed E-state index contributed by atoms with van der Waals surface area (Å²) in [6.45, 7) is 5.16. The number of piperidine rings is 1. The first-order chi connectivity index (χ1) is 8.11. The van der Waals surface area contributed by atoms with Gasteiger partial charge in [0.25, 0.3) is 0 Å². The molecular formula is C12H23NO4. The maximum absolute atomic E-state index is 10.6. The molecule has 0 amide bonds. The van der Waals surface area contributed by atoms with Crippen LogP contribution in [0.15, 0.2) is 0 Å². The zero-order chi connectivity index (χ0) is 12.7. The lowest BCUT2D eigenvalue weighted by Gasteiger charge is -2.33. The Kier molecular flexibility index (Phi) is 6.47. The molecule has 2 N–H and O–H groups in total. The normalized spacial score (nSPS) is 23.5. The summed E-state index contributed by atoms with van der Waals surface area (Å²) in [7, 11) is 0. The van der Waals surface area contributed by atoms with Crippen molar-refractivity contribution in [3.8, 4) is 0 Å². The predicted molar refractivity (Wildman–Crippen MR) is 63.9 cm³/mol. The van der Waals surface area contributed by atoms with Gasteiger partial charge in [0.1, 0.15) is 0 Å². The highest BCUT2D eigenvalue weighted by Crippen LogP contribution is 2.19. The Morgan fingerprint density at radius 2 is 2.35 bits per heavy atom. The summed E-state index contributed by atoms with van der Waals surface area (Å²) in [6.07, 6.45) is 1.75. The number of aliphatic carboxylic acids is 1. The fourth-order valence-electron chi connectivity index (χ4n) is 2.34. The lowest BCUT2D eigenvalue weighted by molar-refractivity contribution is -0.138. The van der Waals surface area contributed by atoms with E-state index in [1.54, 1.807) is 0 Å². The summed E-state index contributed by atoms with van der Waals surface area (Å²) < 4.78 is 5.16. The maximum Gasteiger partial charge on any atom is 0.303 e. The minimum atomic E-state index is -0.730. The number of aliphatic hydroxyl groups excluding tert-OH is 1. The highest BCUT2D eigenvalue weighted by atomic mass is 16.5. The van der Waals surface area contributed by atoms with Crippen molar-refractivity contribution in [2.75, 3.05) is 32.8 Å². The number of carboxylic acids is 1. The molecule has 2 unspecified atom stereocenters. The van der Waals surface area contributed by atoms with Crippen LogP contribution in [-0.4, -0.2) is 60.0 Å². The molecule has 5 nitrogen and oxygen atoms in total. The van der Waals surface area contributed by atoms with Crippen molar-refractivity contribution in [1.29, 1.82) is 0 Å². The summed E-state index contributed by atoms with van der Waals surface area (Å²) in [5, 5.41) is 18.5. The van der Waals surface area contributed by atoms with Crippen molar-refractivity contribution in [2.24, 2.45) is 5.92 Å². The molecule has 17 heavy (non-hydrogen) atoms. The van der Waals surface area contributed by atoms with E-state index in [1.807, 2.05) is 6.92 Å². The van der Waals surface area contributed by atoms with Gasteiger partial charge in [-0.05, 0) is 32.2 Å². The van der Waals surface area contributed by atoms with Crippen LogP contribution in [0.2, 0.25) is 0 Å². The number of β-amino-alcohol motifs (C(OH)–C–C–N with tert-alkyl or cyclic N) is 1. The van der Waals surface area contributed by atoms with Gasteiger partial charge >= 0.3 is 5.97 Å². The summed E-state index contributed by atoms with van der Waals surface area (Å²) in [5.74, 6) is -0.507. The van der Waals surface area contributed by atoms with Crippen LogP contribution in [0.25, 0.3) is 0 Å². The summed E-state index contributed by atoms with van der Waals surface area (Å²) >= 11 is 0. The number of ether oxygens (including phenoxy) is 1. The molecule has 0 saturated carbocycles. The van der Waals surface area contributed by atoms with Crippen molar-refractivity contribution < 1.29 is 19.7 Å². The zero-order valence-electron chi connectivity index (χ0n) is 10.5. The van der Waals surface area contributed by atoms with E-state index in [-0.39, 0.29) is 12.3 Å². The number of nitrogens with zero attached hydrogens (tertiary/aromatic N) is 1. The molecule has 1 aliphatic rings. The van der Waals surface area contributed by atoms with Crippen molar-refractivity contribution in [2.45, 2.75) is 32.3 Å². The van der Waals surface area contributed by atoms with E-state index >= 15 is 0 Å². The average molecular weight is 245 g/mol. The van der Waals surface area contributed by atoms with E-state index < -0.39 is 12.1 Å². The van der Waals surface area contributed by atoms with Gasteiger partial charge in [-0.2, -0.15) is 0 Å². The number of likely N-dealkylation sites (tertiary alicyclic amines) is 1. The van der Waals surface area contributed by atoms with E-state index in [0.717, 1.165) is 25.9 Å². The van der Waals surface area contributed by atoms with Crippen LogP contribution in [0, 0.1) is 5.92 Å².